The molecule has 1 atom stereocenters. The lowest BCUT2D eigenvalue weighted by Crippen LogP contribution is -2.43. The van der Waals surface area contributed by atoms with E-state index in [9.17, 15) is 5.11 Å². The molecule has 1 aromatic heterocycles. The third kappa shape index (κ3) is 3.09. The number of furan rings is 1. The average Bonchev–Trinajstić information content (AvgIpc) is 2.50. The fourth-order valence-corrected chi connectivity index (χ4v) is 1.98. The van der Waals surface area contributed by atoms with Crippen LogP contribution in [0.25, 0.3) is 0 Å². The molecule has 0 aliphatic heterocycles. The summed E-state index contributed by atoms with van der Waals surface area (Å²) in [6, 6.07) is 2.10. The first-order valence-electron chi connectivity index (χ1n) is 5.70. The van der Waals surface area contributed by atoms with Gasteiger partial charge in [-0.2, -0.15) is 0 Å². The highest BCUT2D eigenvalue weighted by Crippen LogP contribution is 2.25. The van der Waals surface area contributed by atoms with Crippen molar-refractivity contribution >= 4 is 0 Å². The van der Waals surface area contributed by atoms with Gasteiger partial charge in [0.05, 0.1) is 19.4 Å². The fourth-order valence-electron chi connectivity index (χ4n) is 1.98. The highest BCUT2D eigenvalue weighted by Gasteiger charge is 2.28. The van der Waals surface area contributed by atoms with E-state index in [2.05, 4.69) is 25.7 Å². The van der Waals surface area contributed by atoms with Gasteiger partial charge in [0.25, 0.3) is 0 Å². The molecule has 0 fully saturated rings. The second-order valence-corrected chi connectivity index (χ2v) is 5.51. The monoisotopic (exact) mass is 225 g/mol. The number of nitrogens with zero attached hydrogens (tertiary/aromatic N) is 1. The van der Waals surface area contributed by atoms with Crippen LogP contribution >= 0.6 is 0 Å². The molecule has 0 amide bonds. The lowest BCUT2D eigenvalue weighted by molar-refractivity contribution is 0.0571. The molecular weight excluding hydrogens is 202 g/mol. The Bertz CT molecular complexity index is 325. The molecule has 0 aliphatic carbocycles. The minimum atomic E-state index is 0.0595. The summed E-state index contributed by atoms with van der Waals surface area (Å²) in [7, 11) is 2.02. The van der Waals surface area contributed by atoms with Crippen molar-refractivity contribution in [2.24, 2.45) is 5.41 Å². The number of hydrogen-bond acceptors (Lipinski definition) is 3. The van der Waals surface area contributed by atoms with Gasteiger partial charge in [-0.3, -0.25) is 4.90 Å². The van der Waals surface area contributed by atoms with Gasteiger partial charge in [-0.05, 0) is 31.0 Å². The maximum Gasteiger partial charge on any atom is 0.120 e. The minimum Gasteiger partial charge on any atom is -0.468 e. The van der Waals surface area contributed by atoms with Crippen molar-refractivity contribution in [2.45, 2.75) is 40.3 Å². The summed E-state index contributed by atoms with van der Waals surface area (Å²) < 4.78 is 5.42. The summed E-state index contributed by atoms with van der Waals surface area (Å²) in [5, 5.41) is 9.46. The number of aliphatic hydroxyl groups excluding tert-OH is 1. The summed E-state index contributed by atoms with van der Waals surface area (Å²) >= 11 is 0. The molecule has 1 unspecified atom stereocenters. The number of aliphatic hydroxyl groups is 1. The molecule has 0 spiro atoms. The quantitative estimate of drug-likeness (QED) is 0.855. The van der Waals surface area contributed by atoms with Crippen LogP contribution in [0.5, 0.6) is 0 Å². The first kappa shape index (κ1) is 13.3. The van der Waals surface area contributed by atoms with Gasteiger partial charge < -0.3 is 9.52 Å². The van der Waals surface area contributed by atoms with Crippen molar-refractivity contribution in [3.8, 4) is 0 Å². The van der Waals surface area contributed by atoms with Crippen LogP contribution in [0.4, 0.5) is 0 Å². The molecule has 1 heterocycles. The van der Waals surface area contributed by atoms with Gasteiger partial charge >= 0.3 is 0 Å². The number of hydrogen-bond donors (Lipinski definition) is 1. The van der Waals surface area contributed by atoms with Crippen molar-refractivity contribution in [2.75, 3.05) is 13.7 Å². The highest BCUT2D eigenvalue weighted by molar-refractivity contribution is 5.14. The molecular formula is C13H23NO2. The van der Waals surface area contributed by atoms with Gasteiger partial charge in [-0.15, -0.1) is 0 Å². The summed E-state index contributed by atoms with van der Waals surface area (Å²) in [6.45, 7) is 9.36. The van der Waals surface area contributed by atoms with Gasteiger partial charge in [-0.25, -0.2) is 0 Å². The van der Waals surface area contributed by atoms with Gasteiger partial charge in [0.15, 0.2) is 0 Å². The molecule has 0 saturated carbocycles. The zero-order valence-electron chi connectivity index (χ0n) is 10.9. The zero-order chi connectivity index (χ0) is 12.3. The Morgan fingerprint density at radius 1 is 1.44 bits per heavy atom. The maximum absolute atomic E-state index is 9.46. The number of rotatable bonds is 4. The molecule has 92 valence electrons. The Hall–Kier alpha value is -0.800. The van der Waals surface area contributed by atoms with Gasteiger partial charge in [0.2, 0.25) is 0 Å². The van der Waals surface area contributed by atoms with Crippen molar-refractivity contribution in [1.82, 2.24) is 4.90 Å². The molecule has 3 nitrogen and oxygen atoms in total. The molecule has 16 heavy (non-hydrogen) atoms. The summed E-state index contributed by atoms with van der Waals surface area (Å²) in [4.78, 5) is 2.14. The van der Waals surface area contributed by atoms with Crippen LogP contribution in [0.3, 0.4) is 0 Å². The molecule has 1 N–H and O–H groups in total. The standard InChI is InChI=1S/C13H23NO2/c1-10-6-7-16-11(10)8-14(5)12(9-15)13(2,3)4/h6-7,12,15H,8-9H2,1-5H3. The summed E-state index contributed by atoms with van der Waals surface area (Å²) in [5.41, 5.74) is 1.22. The first-order chi connectivity index (χ1) is 7.36. The molecule has 3 heteroatoms. The van der Waals surface area contributed by atoms with Crippen molar-refractivity contribution in [3.05, 3.63) is 23.7 Å². The largest absolute Gasteiger partial charge is 0.468 e. The first-order valence-corrected chi connectivity index (χ1v) is 5.70. The van der Waals surface area contributed by atoms with Crippen LogP contribution < -0.4 is 0 Å². The number of aryl methyl sites for hydroxylation is 1. The van der Waals surface area contributed by atoms with Gasteiger partial charge in [0.1, 0.15) is 5.76 Å². The predicted molar refractivity (Wildman–Crippen MR) is 65.2 cm³/mol. The summed E-state index contributed by atoms with van der Waals surface area (Å²) in [6.07, 6.45) is 1.71. The van der Waals surface area contributed by atoms with E-state index in [4.69, 9.17) is 4.42 Å². The molecule has 1 rings (SSSR count). The smallest absolute Gasteiger partial charge is 0.120 e. The van der Waals surface area contributed by atoms with Crippen molar-refractivity contribution in [1.29, 1.82) is 0 Å². The van der Waals surface area contributed by atoms with E-state index >= 15 is 0 Å². The van der Waals surface area contributed by atoms with E-state index < -0.39 is 0 Å². The van der Waals surface area contributed by atoms with Crippen molar-refractivity contribution < 1.29 is 9.52 Å². The van der Waals surface area contributed by atoms with Gasteiger partial charge in [0, 0.05) is 6.04 Å². The highest BCUT2D eigenvalue weighted by atomic mass is 16.3. The fraction of sp³-hybridized carbons (Fsp3) is 0.692. The predicted octanol–water partition coefficient (Wildman–Crippen LogP) is 2.43. The van der Waals surface area contributed by atoms with Crippen LogP contribution in [-0.4, -0.2) is 29.7 Å². The van der Waals surface area contributed by atoms with Crippen LogP contribution in [-0.2, 0) is 6.54 Å². The van der Waals surface area contributed by atoms with E-state index in [1.54, 1.807) is 6.26 Å². The summed E-state index contributed by atoms with van der Waals surface area (Å²) in [5.74, 6) is 0.977. The Balaban J connectivity index is 2.71. The van der Waals surface area contributed by atoms with E-state index in [-0.39, 0.29) is 18.1 Å². The van der Waals surface area contributed by atoms with Crippen LogP contribution in [0.2, 0.25) is 0 Å². The molecule has 0 saturated heterocycles. The number of likely N-dealkylation sites (N-methyl/N-ethyl adjacent to an activating group) is 1. The topological polar surface area (TPSA) is 36.6 Å². The molecule has 0 aromatic carbocycles. The second kappa shape index (κ2) is 5.02. The molecule has 0 radical (unpaired) electrons. The van der Waals surface area contributed by atoms with Crippen LogP contribution in [0.1, 0.15) is 32.1 Å². The minimum absolute atomic E-state index is 0.0595. The van der Waals surface area contributed by atoms with E-state index in [1.165, 1.54) is 0 Å². The van der Waals surface area contributed by atoms with Crippen molar-refractivity contribution in [3.63, 3.8) is 0 Å². The Kier molecular flexibility index (Phi) is 4.16. The lowest BCUT2D eigenvalue weighted by atomic mass is 9.86. The zero-order valence-corrected chi connectivity index (χ0v) is 10.9. The van der Waals surface area contributed by atoms with Crippen LogP contribution in [0, 0.1) is 12.3 Å². The average molecular weight is 225 g/mol. The lowest BCUT2D eigenvalue weighted by Gasteiger charge is -2.36. The second-order valence-electron chi connectivity index (χ2n) is 5.51. The normalized spacial score (nSPS) is 14.4. The Morgan fingerprint density at radius 2 is 2.06 bits per heavy atom. The molecule has 0 aliphatic rings. The third-order valence-corrected chi connectivity index (χ3v) is 3.07. The SMILES string of the molecule is Cc1ccoc1CN(C)C(CO)C(C)(C)C. The van der Waals surface area contributed by atoms with E-state index in [0.29, 0.717) is 0 Å². The maximum atomic E-state index is 9.46. The molecule has 1 aromatic rings. The Morgan fingerprint density at radius 3 is 2.44 bits per heavy atom. The Labute approximate surface area is 98.1 Å². The van der Waals surface area contributed by atoms with Crippen LogP contribution in [0.15, 0.2) is 16.7 Å². The third-order valence-electron chi connectivity index (χ3n) is 3.07. The van der Waals surface area contributed by atoms with E-state index in [1.807, 2.05) is 20.0 Å². The van der Waals surface area contributed by atoms with Gasteiger partial charge in [-0.1, -0.05) is 20.8 Å². The van der Waals surface area contributed by atoms with E-state index in [0.717, 1.165) is 17.9 Å². The molecule has 0 bridgehead atoms.